The van der Waals surface area contributed by atoms with Gasteiger partial charge in [-0.15, -0.1) is 11.3 Å². The minimum atomic E-state index is -0.123. The molecule has 1 aliphatic rings. The molecule has 1 aromatic carbocycles. The van der Waals surface area contributed by atoms with Gasteiger partial charge in [-0.05, 0) is 23.9 Å². The van der Waals surface area contributed by atoms with E-state index in [0.29, 0.717) is 13.1 Å². The quantitative estimate of drug-likeness (QED) is 0.753. The highest BCUT2D eigenvalue weighted by Crippen LogP contribution is 2.26. The fourth-order valence-electron chi connectivity index (χ4n) is 3.38. The third-order valence-corrected chi connectivity index (χ3v) is 6.17. The third-order valence-electron chi connectivity index (χ3n) is 5.23. The number of aryl methyl sites for hydroxylation is 1. The average Bonchev–Trinajstić information content (AvgIpc) is 3.23. The van der Waals surface area contributed by atoms with E-state index in [9.17, 15) is 9.59 Å². The lowest BCUT2D eigenvalue weighted by Crippen LogP contribution is -2.51. The number of hydrogen-bond acceptors (Lipinski definition) is 5. The molecule has 0 spiro atoms. The van der Waals surface area contributed by atoms with Gasteiger partial charge in [-0.3, -0.25) is 19.4 Å². The molecule has 1 N–H and O–H groups in total. The summed E-state index contributed by atoms with van der Waals surface area (Å²) in [7, 11) is 3.56. The van der Waals surface area contributed by atoms with Crippen LogP contribution in [-0.2, 0) is 9.59 Å². The smallest absolute Gasteiger partial charge is 0.236 e. The maximum absolute atomic E-state index is 12.8. The van der Waals surface area contributed by atoms with Gasteiger partial charge >= 0.3 is 0 Å². The summed E-state index contributed by atoms with van der Waals surface area (Å²) in [5, 5.41) is 5.25. The first-order chi connectivity index (χ1) is 13.9. The minimum Gasteiger partial charge on any atom is -0.348 e. The molecule has 0 radical (unpaired) electrons. The summed E-state index contributed by atoms with van der Waals surface area (Å²) in [6.45, 7) is 6.08. The second-order valence-corrected chi connectivity index (χ2v) is 8.75. The fraction of sp³-hybridized carbons (Fsp3) is 0.455. The molecule has 1 atom stereocenters. The standard InChI is InChI=1S/C22H30N4O2S/c1-17-6-8-18(9-7-17)22(19-5-4-14-29-19)23-20(27)15-25-10-12-26(13-11-25)16-21(28)24(2)3/h4-9,14,22H,10-13,15-16H2,1-3H3,(H,23,27). The SMILES string of the molecule is Cc1ccc(C(NC(=O)CN2CCN(CC(=O)N(C)C)CC2)c2cccs2)cc1. The summed E-state index contributed by atoms with van der Waals surface area (Å²) in [6, 6.07) is 12.3. The van der Waals surface area contributed by atoms with Crippen LogP contribution in [0.3, 0.4) is 0 Å². The average molecular weight is 415 g/mol. The van der Waals surface area contributed by atoms with E-state index in [4.69, 9.17) is 0 Å². The highest BCUT2D eigenvalue weighted by Gasteiger charge is 2.23. The topological polar surface area (TPSA) is 55.9 Å². The van der Waals surface area contributed by atoms with Gasteiger partial charge in [0.15, 0.2) is 0 Å². The number of carbonyl (C=O) groups excluding carboxylic acids is 2. The zero-order valence-electron chi connectivity index (χ0n) is 17.4. The monoisotopic (exact) mass is 414 g/mol. The van der Waals surface area contributed by atoms with E-state index in [1.165, 1.54) is 5.56 Å². The Bertz CT molecular complexity index is 797. The number of likely N-dealkylation sites (N-methyl/N-ethyl adjacent to an activating group) is 1. The van der Waals surface area contributed by atoms with Crippen LogP contribution >= 0.6 is 11.3 Å². The summed E-state index contributed by atoms with van der Waals surface area (Å²) < 4.78 is 0. The van der Waals surface area contributed by atoms with Gasteiger partial charge in [0.1, 0.15) is 0 Å². The van der Waals surface area contributed by atoms with Crippen LogP contribution in [0.5, 0.6) is 0 Å². The first-order valence-corrected chi connectivity index (χ1v) is 10.8. The number of benzene rings is 1. The molecule has 1 aliphatic heterocycles. The Hall–Kier alpha value is -2.22. The number of piperazine rings is 1. The van der Waals surface area contributed by atoms with Gasteiger partial charge in [-0.1, -0.05) is 35.9 Å². The Labute approximate surface area is 177 Å². The first kappa shape index (κ1) is 21.5. The Kier molecular flexibility index (Phi) is 7.41. The molecule has 2 amide bonds. The number of rotatable bonds is 7. The lowest BCUT2D eigenvalue weighted by molar-refractivity contribution is -0.131. The van der Waals surface area contributed by atoms with Crippen molar-refractivity contribution in [2.45, 2.75) is 13.0 Å². The maximum atomic E-state index is 12.8. The Morgan fingerprint density at radius 3 is 2.21 bits per heavy atom. The van der Waals surface area contributed by atoms with Crippen LogP contribution in [0.4, 0.5) is 0 Å². The van der Waals surface area contributed by atoms with Crippen molar-refractivity contribution in [3.8, 4) is 0 Å². The summed E-state index contributed by atoms with van der Waals surface area (Å²) in [6.07, 6.45) is 0. The molecule has 0 bridgehead atoms. The van der Waals surface area contributed by atoms with E-state index >= 15 is 0 Å². The Morgan fingerprint density at radius 2 is 1.66 bits per heavy atom. The van der Waals surface area contributed by atoms with Crippen molar-refractivity contribution in [2.24, 2.45) is 0 Å². The molecule has 0 aliphatic carbocycles. The predicted molar refractivity (Wildman–Crippen MR) is 117 cm³/mol. The first-order valence-electron chi connectivity index (χ1n) is 9.96. The lowest BCUT2D eigenvalue weighted by Gasteiger charge is -2.34. The third kappa shape index (κ3) is 6.13. The van der Waals surface area contributed by atoms with Crippen LogP contribution in [0.25, 0.3) is 0 Å². The second kappa shape index (κ2) is 10.0. The van der Waals surface area contributed by atoms with E-state index < -0.39 is 0 Å². The summed E-state index contributed by atoms with van der Waals surface area (Å²) >= 11 is 1.66. The van der Waals surface area contributed by atoms with Gasteiger partial charge in [0, 0.05) is 45.2 Å². The van der Waals surface area contributed by atoms with Crippen LogP contribution < -0.4 is 5.32 Å². The van der Waals surface area contributed by atoms with Crippen molar-refractivity contribution in [1.82, 2.24) is 20.0 Å². The number of hydrogen-bond donors (Lipinski definition) is 1. The van der Waals surface area contributed by atoms with Crippen LogP contribution in [0, 0.1) is 6.92 Å². The molecule has 1 aromatic heterocycles. The molecule has 29 heavy (non-hydrogen) atoms. The van der Waals surface area contributed by atoms with Crippen LogP contribution in [-0.4, -0.2) is 79.9 Å². The Morgan fingerprint density at radius 1 is 1.03 bits per heavy atom. The molecule has 1 unspecified atom stereocenters. The zero-order valence-corrected chi connectivity index (χ0v) is 18.2. The number of nitrogens with zero attached hydrogens (tertiary/aromatic N) is 3. The molecular formula is C22H30N4O2S. The zero-order chi connectivity index (χ0) is 20.8. The molecule has 0 saturated carbocycles. The van der Waals surface area contributed by atoms with E-state index in [-0.39, 0.29) is 17.9 Å². The molecule has 3 rings (SSSR count). The fourth-order valence-corrected chi connectivity index (χ4v) is 4.18. The van der Waals surface area contributed by atoms with E-state index in [0.717, 1.165) is 36.6 Å². The lowest BCUT2D eigenvalue weighted by atomic mass is 10.0. The number of nitrogens with one attached hydrogen (secondary N) is 1. The van der Waals surface area contributed by atoms with Crippen molar-refractivity contribution in [2.75, 3.05) is 53.4 Å². The Balaban J connectivity index is 1.55. The summed E-state index contributed by atoms with van der Waals surface area (Å²) in [5.74, 6) is 0.148. The van der Waals surface area contributed by atoms with Gasteiger partial charge in [0.2, 0.25) is 11.8 Å². The van der Waals surface area contributed by atoms with E-state index in [1.807, 2.05) is 11.4 Å². The molecule has 2 aromatic rings. The van der Waals surface area contributed by atoms with Gasteiger partial charge in [0.05, 0.1) is 19.1 Å². The largest absolute Gasteiger partial charge is 0.348 e. The molecular weight excluding hydrogens is 384 g/mol. The number of carbonyl (C=O) groups is 2. The van der Waals surface area contributed by atoms with Crippen molar-refractivity contribution in [3.63, 3.8) is 0 Å². The van der Waals surface area contributed by atoms with Gasteiger partial charge in [0.25, 0.3) is 0 Å². The van der Waals surface area contributed by atoms with E-state index in [1.54, 1.807) is 30.3 Å². The normalized spacial score (nSPS) is 16.4. The highest BCUT2D eigenvalue weighted by atomic mass is 32.1. The molecule has 6 nitrogen and oxygen atoms in total. The van der Waals surface area contributed by atoms with Crippen molar-refractivity contribution >= 4 is 23.2 Å². The van der Waals surface area contributed by atoms with Gasteiger partial charge < -0.3 is 10.2 Å². The van der Waals surface area contributed by atoms with Crippen LogP contribution in [0.1, 0.15) is 22.0 Å². The molecule has 2 heterocycles. The van der Waals surface area contributed by atoms with Crippen LogP contribution in [0.2, 0.25) is 0 Å². The molecule has 156 valence electrons. The molecule has 7 heteroatoms. The highest BCUT2D eigenvalue weighted by molar-refractivity contribution is 7.10. The second-order valence-electron chi connectivity index (χ2n) is 7.77. The van der Waals surface area contributed by atoms with Crippen molar-refractivity contribution < 1.29 is 9.59 Å². The predicted octanol–water partition coefficient (Wildman–Crippen LogP) is 1.97. The van der Waals surface area contributed by atoms with Crippen LogP contribution in [0.15, 0.2) is 41.8 Å². The minimum absolute atomic E-state index is 0.0294. The number of thiophene rings is 1. The van der Waals surface area contributed by atoms with Crippen molar-refractivity contribution in [3.05, 3.63) is 57.8 Å². The van der Waals surface area contributed by atoms with Gasteiger partial charge in [-0.2, -0.15) is 0 Å². The van der Waals surface area contributed by atoms with E-state index in [2.05, 4.69) is 52.4 Å². The maximum Gasteiger partial charge on any atom is 0.236 e. The molecule has 1 fully saturated rings. The summed E-state index contributed by atoms with van der Waals surface area (Å²) in [5.41, 5.74) is 2.30. The van der Waals surface area contributed by atoms with Gasteiger partial charge in [-0.25, -0.2) is 0 Å². The van der Waals surface area contributed by atoms with Crippen molar-refractivity contribution in [1.29, 1.82) is 0 Å². The number of amides is 2. The molecule has 1 saturated heterocycles. The summed E-state index contributed by atoms with van der Waals surface area (Å²) in [4.78, 5) is 31.7.